The first kappa shape index (κ1) is 8.84. The van der Waals surface area contributed by atoms with Gasteiger partial charge in [-0.15, -0.1) is 0 Å². The van der Waals surface area contributed by atoms with E-state index in [0.717, 1.165) is 0 Å². The van der Waals surface area contributed by atoms with E-state index >= 15 is 0 Å². The monoisotopic (exact) mass is 134 g/mol. The Morgan fingerprint density at radius 2 is 1.78 bits per heavy atom. The summed E-state index contributed by atoms with van der Waals surface area (Å²) in [6.45, 7) is 2.35. The topological polar surface area (TPSA) is 46.9 Å². The van der Waals surface area contributed by atoms with Crippen LogP contribution in [0.4, 0.5) is 0 Å². The van der Waals surface area contributed by atoms with Crippen LogP contribution in [0, 0.1) is 0 Å². The molecule has 0 aromatic rings. The van der Waals surface area contributed by atoms with Crippen LogP contribution < -0.4 is 0 Å². The Morgan fingerprint density at radius 3 is 1.89 bits per heavy atom. The van der Waals surface area contributed by atoms with Crippen LogP contribution in [0.15, 0.2) is 0 Å². The Morgan fingerprint density at radius 1 is 1.33 bits per heavy atom. The highest BCUT2D eigenvalue weighted by atomic mass is 16.8. The summed E-state index contributed by atoms with van der Waals surface area (Å²) in [6, 6.07) is -0.236. The van der Waals surface area contributed by atoms with Gasteiger partial charge in [0.2, 0.25) is 0 Å². The first-order valence-electron chi connectivity index (χ1n) is 2.85. The van der Waals surface area contributed by atoms with Crippen LogP contribution in [0.1, 0.15) is 6.92 Å². The number of hydroxylamine groups is 2. The summed E-state index contributed by atoms with van der Waals surface area (Å²) in [5.41, 5.74) is 0. The first-order valence-corrected chi connectivity index (χ1v) is 2.85. The van der Waals surface area contributed by atoms with E-state index in [9.17, 15) is 0 Å². The van der Waals surface area contributed by atoms with E-state index in [1.54, 1.807) is 6.92 Å². The highest BCUT2D eigenvalue weighted by Gasteiger charge is 2.07. The predicted octanol–water partition coefficient (Wildman–Crippen LogP) is 0.0169. The summed E-state index contributed by atoms with van der Waals surface area (Å²) in [7, 11) is 3.75. The Hall–Kier alpha value is -0.160. The van der Waals surface area contributed by atoms with Crippen LogP contribution in [-0.4, -0.2) is 47.2 Å². The Labute approximate surface area is 55.2 Å². The van der Waals surface area contributed by atoms with Gasteiger partial charge in [0.1, 0.15) is 0 Å². The van der Waals surface area contributed by atoms with Crippen molar-refractivity contribution in [1.29, 1.82) is 0 Å². The minimum absolute atomic E-state index is 0.222. The molecule has 0 aliphatic rings. The summed E-state index contributed by atoms with van der Waals surface area (Å²) in [5, 5.41) is 17.1. The van der Waals surface area contributed by atoms with Gasteiger partial charge in [0.25, 0.3) is 0 Å². The van der Waals surface area contributed by atoms with Crippen molar-refractivity contribution >= 4 is 0 Å². The average Bonchev–Trinajstić information content (AvgIpc) is 1.63. The zero-order valence-corrected chi connectivity index (χ0v) is 6.07. The van der Waals surface area contributed by atoms with Gasteiger partial charge < -0.3 is 4.90 Å². The second-order valence-corrected chi connectivity index (χ2v) is 2.43. The van der Waals surface area contributed by atoms with Gasteiger partial charge in [-0.25, -0.2) is 0 Å². The summed E-state index contributed by atoms with van der Waals surface area (Å²) >= 11 is 0. The van der Waals surface area contributed by atoms with E-state index in [4.69, 9.17) is 10.4 Å². The third-order valence-corrected chi connectivity index (χ3v) is 1.02. The molecule has 1 atom stereocenters. The van der Waals surface area contributed by atoms with Crippen LogP contribution >= 0.6 is 0 Å². The maximum atomic E-state index is 8.43. The second-order valence-electron chi connectivity index (χ2n) is 2.43. The van der Waals surface area contributed by atoms with Gasteiger partial charge in [0.05, 0.1) is 6.04 Å². The smallest absolute Gasteiger partial charge is 0.0722 e. The van der Waals surface area contributed by atoms with Crippen LogP contribution in [0.5, 0.6) is 0 Å². The number of hydrogen-bond donors (Lipinski definition) is 2. The van der Waals surface area contributed by atoms with Gasteiger partial charge in [-0.05, 0) is 21.0 Å². The molecule has 2 N–H and O–H groups in total. The molecule has 1 unspecified atom stereocenters. The van der Waals surface area contributed by atoms with Crippen molar-refractivity contribution in [2.45, 2.75) is 13.0 Å². The third kappa shape index (κ3) is 4.35. The highest BCUT2D eigenvalue weighted by Crippen LogP contribution is 1.90. The Kier molecular flexibility index (Phi) is 3.72. The molecule has 0 aromatic carbocycles. The average molecular weight is 134 g/mol. The molecule has 9 heavy (non-hydrogen) atoms. The fraction of sp³-hybridized carbons (Fsp3) is 1.00. The lowest BCUT2D eigenvalue weighted by Gasteiger charge is -2.19. The molecule has 4 nitrogen and oxygen atoms in total. The molecule has 0 aromatic heterocycles. The van der Waals surface area contributed by atoms with Crippen molar-refractivity contribution in [2.75, 3.05) is 20.6 Å². The van der Waals surface area contributed by atoms with Crippen molar-refractivity contribution in [1.82, 2.24) is 10.1 Å². The molecule has 56 valence electrons. The van der Waals surface area contributed by atoms with Crippen molar-refractivity contribution in [3.05, 3.63) is 0 Å². The van der Waals surface area contributed by atoms with E-state index in [0.29, 0.717) is 6.54 Å². The van der Waals surface area contributed by atoms with Crippen molar-refractivity contribution in [3.8, 4) is 0 Å². The van der Waals surface area contributed by atoms with Gasteiger partial charge in [-0.1, -0.05) is 5.23 Å². The molecule has 0 heterocycles. The molecular weight excluding hydrogens is 120 g/mol. The van der Waals surface area contributed by atoms with Crippen molar-refractivity contribution in [2.24, 2.45) is 0 Å². The zero-order chi connectivity index (χ0) is 7.44. The lowest BCUT2D eigenvalue weighted by molar-refractivity contribution is -0.329. The number of rotatable bonds is 3. The second kappa shape index (κ2) is 3.79. The highest BCUT2D eigenvalue weighted by molar-refractivity contribution is 4.55. The molecule has 0 bridgehead atoms. The molecule has 0 saturated carbocycles. The van der Waals surface area contributed by atoms with E-state index in [-0.39, 0.29) is 11.3 Å². The Balaban J connectivity index is 3.38. The van der Waals surface area contributed by atoms with Gasteiger partial charge in [-0.2, -0.15) is 0 Å². The quantitative estimate of drug-likeness (QED) is 0.534. The zero-order valence-electron chi connectivity index (χ0n) is 6.07. The summed E-state index contributed by atoms with van der Waals surface area (Å²) < 4.78 is 0. The third-order valence-electron chi connectivity index (χ3n) is 1.02. The minimum atomic E-state index is -0.236. The lowest BCUT2D eigenvalue weighted by Crippen LogP contribution is -2.35. The summed E-state index contributed by atoms with van der Waals surface area (Å²) in [5.74, 6) is 0. The normalized spacial score (nSPS) is 15.0. The standard InChI is InChI=1S/C5H14N2O2/c1-5(7(8)9)4-6(2)3/h5,8-9H,4H2,1-3H3. The molecule has 0 fully saturated rings. The van der Waals surface area contributed by atoms with Crippen molar-refractivity contribution in [3.63, 3.8) is 0 Å². The maximum Gasteiger partial charge on any atom is 0.0722 e. The Bertz CT molecular complexity index is 75.4. The predicted molar refractivity (Wildman–Crippen MR) is 33.4 cm³/mol. The fourth-order valence-corrected chi connectivity index (χ4v) is 0.601. The van der Waals surface area contributed by atoms with E-state index in [2.05, 4.69) is 0 Å². The molecule has 0 radical (unpaired) electrons. The van der Waals surface area contributed by atoms with Crippen LogP contribution in [0.25, 0.3) is 0 Å². The van der Waals surface area contributed by atoms with Crippen LogP contribution in [0.2, 0.25) is 0 Å². The molecule has 0 aliphatic carbocycles. The minimum Gasteiger partial charge on any atom is -0.308 e. The van der Waals surface area contributed by atoms with Crippen LogP contribution in [-0.2, 0) is 0 Å². The molecule has 4 heteroatoms. The molecule has 0 amide bonds. The van der Waals surface area contributed by atoms with Crippen LogP contribution in [0.3, 0.4) is 0 Å². The van der Waals surface area contributed by atoms with Gasteiger partial charge in [0, 0.05) is 6.54 Å². The number of hydrogen-bond acceptors (Lipinski definition) is 4. The van der Waals surface area contributed by atoms with Gasteiger partial charge >= 0.3 is 0 Å². The maximum absolute atomic E-state index is 8.43. The first-order chi connectivity index (χ1) is 4.04. The summed E-state index contributed by atoms with van der Waals surface area (Å²) in [4.78, 5) is 1.88. The van der Waals surface area contributed by atoms with E-state index < -0.39 is 0 Å². The fourth-order valence-electron chi connectivity index (χ4n) is 0.601. The largest absolute Gasteiger partial charge is 0.308 e. The van der Waals surface area contributed by atoms with E-state index in [1.165, 1.54) is 0 Å². The lowest BCUT2D eigenvalue weighted by atomic mass is 10.3. The van der Waals surface area contributed by atoms with Gasteiger partial charge in [0.15, 0.2) is 0 Å². The van der Waals surface area contributed by atoms with E-state index in [1.807, 2.05) is 19.0 Å². The molecule has 0 spiro atoms. The molecule has 0 saturated heterocycles. The number of likely N-dealkylation sites (N-methyl/N-ethyl adjacent to an activating group) is 1. The molecule has 0 aliphatic heterocycles. The summed E-state index contributed by atoms with van der Waals surface area (Å²) in [6.07, 6.45) is 0. The molecule has 0 rings (SSSR count). The van der Waals surface area contributed by atoms with Gasteiger partial charge in [-0.3, -0.25) is 10.4 Å². The molecular formula is C5H14N2O2. The SMILES string of the molecule is CC(CN(C)C)N(O)O. The number of nitrogens with zero attached hydrogens (tertiary/aromatic N) is 2. The van der Waals surface area contributed by atoms with Crippen molar-refractivity contribution < 1.29 is 10.4 Å².